The Morgan fingerprint density at radius 3 is 2.50 bits per heavy atom. The van der Waals surface area contributed by atoms with Crippen LogP contribution in [0.15, 0.2) is 42.7 Å². The molecule has 2 aromatic rings. The van der Waals surface area contributed by atoms with E-state index in [4.69, 9.17) is 27.9 Å². The van der Waals surface area contributed by atoms with Crippen molar-refractivity contribution in [2.75, 3.05) is 6.61 Å². The summed E-state index contributed by atoms with van der Waals surface area (Å²) in [6.45, 7) is 1.42. The molecule has 0 spiro atoms. The Bertz CT molecular complexity index is 454. The average molecular weight is 256 g/mol. The van der Waals surface area contributed by atoms with Crippen LogP contribution in [0.25, 0.3) is 0 Å². The maximum atomic E-state index is 5.88. The van der Waals surface area contributed by atoms with Crippen molar-refractivity contribution in [3.8, 4) is 5.75 Å². The maximum Gasteiger partial charge on any atom is 0.120 e. The van der Waals surface area contributed by atoms with Crippen molar-refractivity contribution >= 4 is 23.2 Å². The third-order valence-corrected chi connectivity index (χ3v) is 2.91. The van der Waals surface area contributed by atoms with Crippen LogP contribution in [0.5, 0.6) is 5.75 Å². The third kappa shape index (κ3) is 2.94. The highest BCUT2D eigenvalue weighted by Gasteiger charge is 2.00. The van der Waals surface area contributed by atoms with E-state index in [2.05, 4.69) is 4.57 Å². The van der Waals surface area contributed by atoms with Gasteiger partial charge in [0.15, 0.2) is 0 Å². The van der Waals surface area contributed by atoms with E-state index in [0.29, 0.717) is 16.7 Å². The predicted octanol–water partition coefficient (Wildman–Crippen LogP) is 3.87. The first-order chi connectivity index (χ1) is 7.75. The summed E-state index contributed by atoms with van der Waals surface area (Å²) >= 11 is 11.7. The molecule has 84 valence electrons. The first-order valence-corrected chi connectivity index (χ1v) is 5.70. The minimum absolute atomic E-state index is 0.514. The lowest BCUT2D eigenvalue weighted by Gasteiger charge is -2.07. The molecule has 0 bridgehead atoms. The summed E-state index contributed by atoms with van der Waals surface area (Å²) < 4.78 is 7.60. The molecule has 1 aromatic heterocycles. The van der Waals surface area contributed by atoms with Gasteiger partial charge in [-0.3, -0.25) is 0 Å². The van der Waals surface area contributed by atoms with Crippen molar-refractivity contribution in [2.45, 2.75) is 6.54 Å². The second-order valence-corrected chi connectivity index (χ2v) is 4.16. The molecule has 4 heteroatoms. The summed E-state index contributed by atoms with van der Waals surface area (Å²) in [6.07, 6.45) is 4.00. The summed E-state index contributed by atoms with van der Waals surface area (Å²) in [6, 6.07) is 9.23. The van der Waals surface area contributed by atoms with E-state index in [0.717, 1.165) is 12.3 Å². The molecule has 0 N–H and O–H groups in total. The molecule has 0 amide bonds. The SMILES string of the molecule is Clc1ccc(OCCn2cccc2)cc1Cl. The first-order valence-electron chi connectivity index (χ1n) is 4.94. The standard InChI is InChI=1S/C12H11Cl2NO/c13-11-4-3-10(9-12(11)14)16-8-7-15-5-1-2-6-15/h1-6,9H,7-8H2. The molecular formula is C12H11Cl2NO. The quantitative estimate of drug-likeness (QED) is 0.809. The lowest BCUT2D eigenvalue weighted by atomic mass is 10.3. The Balaban J connectivity index is 1.87. The second kappa shape index (κ2) is 5.28. The van der Waals surface area contributed by atoms with Gasteiger partial charge >= 0.3 is 0 Å². The van der Waals surface area contributed by atoms with Crippen molar-refractivity contribution in [1.29, 1.82) is 0 Å². The van der Waals surface area contributed by atoms with E-state index in [1.807, 2.05) is 30.6 Å². The van der Waals surface area contributed by atoms with Gasteiger partial charge in [0, 0.05) is 18.5 Å². The monoisotopic (exact) mass is 255 g/mol. The molecule has 2 rings (SSSR count). The van der Waals surface area contributed by atoms with Crippen LogP contribution in [0, 0.1) is 0 Å². The molecule has 2 nitrogen and oxygen atoms in total. The van der Waals surface area contributed by atoms with Crippen LogP contribution in [0.3, 0.4) is 0 Å². The molecular weight excluding hydrogens is 245 g/mol. The van der Waals surface area contributed by atoms with Gasteiger partial charge in [-0.15, -0.1) is 0 Å². The number of aromatic nitrogens is 1. The molecule has 16 heavy (non-hydrogen) atoms. The molecule has 0 saturated carbocycles. The summed E-state index contributed by atoms with van der Waals surface area (Å²) in [4.78, 5) is 0. The lowest BCUT2D eigenvalue weighted by Crippen LogP contribution is -2.06. The van der Waals surface area contributed by atoms with E-state index >= 15 is 0 Å². The second-order valence-electron chi connectivity index (χ2n) is 3.35. The maximum absolute atomic E-state index is 5.88. The van der Waals surface area contributed by atoms with Crippen LogP contribution in [-0.4, -0.2) is 11.2 Å². The van der Waals surface area contributed by atoms with Crippen molar-refractivity contribution in [3.05, 3.63) is 52.8 Å². The van der Waals surface area contributed by atoms with Crippen LogP contribution >= 0.6 is 23.2 Å². The Morgan fingerprint density at radius 1 is 1.06 bits per heavy atom. The molecule has 0 fully saturated rings. The minimum atomic E-state index is 0.514. The number of nitrogens with zero attached hydrogens (tertiary/aromatic N) is 1. The van der Waals surface area contributed by atoms with Gasteiger partial charge in [0.2, 0.25) is 0 Å². The van der Waals surface area contributed by atoms with Gasteiger partial charge in [-0.1, -0.05) is 23.2 Å². The fourth-order valence-corrected chi connectivity index (χ4v) is 1.64. The van der Waals surface area contributed by atoms with Crippen molar-refractivity contribution < 1.29 is 4.74 Å². The summed E-state index contributed by atoms with van der Waals surface area (Å²) in [5.74, 6) is 0.738. The zero-order chi connectivity index (χ0) is 11.4. The summed E-state index contributed by atoms with van der Waals surface area (Å²) in [5, 5.41) is 1.06. The van der Waals surface area contributed by atoms with Crippen molar-refractivity contribution in [2.24, 2.45) is 0 Å². The normalized spacial score (nSPS) is 10.4. The fraction of sp³-hybridized carbons (Fsp3) is 0.167. The molecule has 1 aromatic carbocycles. The molecule has 0 unspecified atom stereocenters. The average Bonchev–Trinajstić information content (AvgIpc) is 2.76. The molecule has 0 atom stereocenters. The van der Waals surface area contributed by atoms with Crippen LogP contribution in [-0.2, 0) is 6.54 Å². The highest BCUT2D eigenvalue weighted by Crippen LogP contribution is 2.26. The number of benzene rings is 1. The molecule has 0 radical (unpaired) electrons. The first kappa shape index (κ1) is 11.4. The fourth-order valence-electron chi connectivity index (χ4n) is 1.35. The van der Waals surface area contributed by atoms with Crippen LogP contribution in [0.2, 0.25) is 10.0 Å². The van der Waals surface area contributed by atoms with Gasteiger partial charge in [0.25, 0.3) is 0 Å². The van der Waals surface area contributed by atoms with Crippen molar-refractivity contribution in [1.82, 2.24) is 4.57 Å². The van der Waals surface area contributed by atoms with Gasteiger partial charge in [-0.25, -0.2) is 0 Å². The largest absolute Gasteiger partial charge is 0.492 e. The Labute approximate surface area is 104 Å². The smallest absolute Gasteiger partial charge is 0.120 e. The lowest BCUT2D eigenvalue weighted by molar-refractivity contribution is 0.298. The molecule has 0 saturated heterocycles. The molecule has 1 heterocycles. The number of hydrogen-bond donors (Lipinski definition) is 0. The molecule has 0 aliphatic carbocycles. The number of hydrogen-bond acceptors (Lipinski definition) is 1. The number of halogens is 2. The Kier molecular flexibility index (Phi) is 3.75. The van der Waals surface area contributed by atoms with Gasteiger partial charge in [0.1, 0.15) is 12.4 Å². The summed E-state index contributed by atoms with van der Waals surface area (Å²) in [7, 11) is 0. The highest BCUT2D eigenvalue weighted by molar-refractivity contribution is 6.42. The minimum Gasteiger partial charge on any atom is -0.492 e. The van der Waals surface area contributed by atoms with Gasteiger partial charge in [-0.2, -0.15) is 0 Å². The zero-order valence-corrected chi connectivity index (χ0v) is 10.1. The van der Waals surface area contributed by atoms with Gasteiger partial charge in [-0.05, 0) is 24.3 Å². The van der Waals surface area contributed by atoms with Gasteiger partial charge < -0.3 is 9.30 Å². The topological polar surface area (TPSA) is 14.2 Å². The zero-order valence-electron chi connectivity index (χ0n) is 8.57. The third-order valence-electron chi connectivity index (χ3n) is 2.18. The van der Waals surface area contributed by atoms with Crippen LogP contribution < -0.4 is 4.74 Å². The van der Waals surface area contributed by atoms with E-state index < -0.39 is 0 Å². The predicted molar refractivity (Wildman–Crippen MR) is 66.4 cm³/mol. The van der Waals surface area contributed by atoms with E-state index in [9.17, 15) is 0 Å². The van der Waals surface area contributed by atoms with E-state index in [1.54, 1.807) is 12.1 Å². The number of ether oxygens (including phenoxy) is 1. The van der Waals surface area contributed by atoms with E-state index in [1.165, 1.54) is 0 Å². The highest BCUT2D eigenvalue weighted by atomic mass is 35.5. The Morgan fingerprint density at radius 2 is 1.81 bits per heavy atom. The van der Waals surface area contributed by atoms with Crippen molar-refractivity contribution in [3.63, 3.8) is 0 Å². The van der Waals surface area contributed by atoms with Gasteiger partial charge in [0.05, 0.1) is 16.6 Å². The number of rotatable bonds is 4. The van der Waals surface area contributed by atoms with E-state index in [-0.39, 0.29) is 0 Å². The molecule has 0 aliphatic rings. The summed E-state index contributed by atoms with van der Waals surface area (Å²) in [5.41, 5.74) is 0. The van der Waals surface area contributed by atoms with Crippen LogP contribution in [0.1, 0.15) is 0 Å². The van der Waals surface area contributed by atoms with Crippen LogP contribution in [0.4, 0.5) is 0 Å². The Hall–Kier alpha value is -1.12. The molecule has 0 aliphatic heterocycles.